The second-order valence-electron chi connectivity index (χ2n) is 4.45. The number of aliphatic hydroxyl groups is 1. The predicted molar refractivity (Wildman–Crippen MR) is 81.5 cm³/mol. The maximum atomic E-state index is 10.2. The SMILES string of the molecule is OC(Cc1ccc(Br)s1)Cn1cnc2ccccc21. The molecule has 0 spiro atoms. The largest absolute Gasteiger partial charge is 0.391 e. The van der Waals surface area contributed by atoms with Gasteiger partial charge in [0.15, 0.2) is 0 Å². The number of hydrogen-bond donors (Lipinski definition) is 1. The first-order valence-electron chi connectivity index (χ1n) is 6.04. The Kier molecular flexibility index (Phi) is 3.68. The third-order valence-electron chi connectivity index (χ3n) is 3.00. The summed E-state index contributed by atoms with van der Waals surface area (Å²) in [4.78, 5) is 5.51. The number of aromatic nitrogens is 2. The lowest BCUT2D eigenvalue weighted by atomic mass is 10.2. The number of imidazole rings is 1. The Morgan fingerprint density at radius 1 is 1.26 bits per heavy atom. The van der Waals surface area contributed by atoms with Crippen LogP contribution in [0.3, 0.4) is 0 Å². The third-order valence-corrected chi connectivity index (χ3v) is 4.65. The van der Waals surface area contributed by atoms with Crippen molar-refractivity contribution >= 4 is 38.3 Å². The summed E-state index contributed by atoms with van der Waals surface area (Å²) >= 11 is 5.10. The smallest absolute Gasteiger partial charge is 0.0959 e. The monoisotopic (exact) mass is 336 g/mol. The summed E-state index contributed by atoms with van der Waals surface area (Å²) in [5, 5.41) is 10.2. The topological polar surface area (TPSA) is 38.0 Å². The molecule has 0 saturated heterocycles. The molecular formula is C14H13BrN2OS. The van der Waals surface area contributed by atoms with E-state index in [1.54, 1.807) is 17.7 Å². The number of hydrogen-bond acceptors (Lipinski definition) is 3. The fourth-order valence-electron chi connectivity index (χ4n) is 2.14. The van der Waals surface area contributed by atoms with E-state index in [-0.39, 0.29) is 0 Å². The van der Waals surface area contributed by atoms with E-state index in [1.807, 2.05) is 41.0 Å². The first-order valence-corrected chi connectivity index (χ1v) is 7.65. The van der Waals surface area contributed by atoms with E-state index in [0.29, 0.717) is 13.0 Å². The lowest BCUT2D eigenvalue weighted by Gasteiger charge is -2.11. The van der Waals surface area contributed by atoms with E-state index in [2.05, 4.69) is 20.9 Å². The highest BCUT2D eigenvalue weighted by atomic mass is 79.9. The summed E-state index contributed by atoms with van der Waals surface area (Å²) in [6, 6.07) is 12.0. The maximum Gasteiger partial charge on any atom is 0.0959 e. The molecule has 0 bridgehead atoms. The summed E-state index contributed by atoms with van der Waals surface area (Å²) in [5.74, 6) is 0. The Labute approximate surface area is 123 Å². The van der Waals surface area contributed by atoms with E-state index in [9.17, 15) is 5.11 Å². The van der Waals surface area contributed by atoms with Crippen molar-refractivity contribution < 1.29 is 5.11 Å². The predicted octanol–water partition coefficient (Wildman–Crippen LogP) is 3.46. The van der Waals surface area contributed by atoms with Gasteiger partial charge in [-0.15, -0.1) is 11.3 Å². The van der Waals surface area contributed by atoms with Gasteiger partial charge in [0.05, 0.1) is 33.8 Å². The average Bonchev–Trinajstić information content (AvgIpc) is 2.97. The fraction of sp³-hybridized carbons (Fsp3) is 0.214. The first kappa shape index (κ1) is 12.8. The van der Waals surface area contributed by atoms with Gasteiger partial charge in [-0.05, 0) is 40.2 Å². The molecule has 0 aliphatic carbocycles. The number of para-hydroxylation sites is 2. The third kappa shape index (κ3) is 2.88. The number of aliphatic hydroxyl groups excluding tert-OH is 1. The van der Waals surface area contributed by atoms with Crippen LogP contribution in [0.2, 0.25) is 0 Å². The van der Waals surface area contributed by atoms with Crippen LogP contribution in [-0.2, 0) is 13.0 Å². The standard InChI is InChI=1S/C14H13BrN2OS/c15-14-6-5-11(19-14)7-10(18)8-17-9-16-12-3-1-2-4-13(12)17/h1-6,9-10,18H,7-8H2. The van der Waals surface area contributed by atoms with Crippen LogP contribution in [0.15, 0.2) is 46.5 Å². The molecule has 3 nitrogen and oxygen atoms in total. The lowest BCUT2D eigenvalue weighted by Crippen LogP contribution is -2.17. The molecule has 98 valence electrons. The van der Waals surface area contributed by atoms with Crippen LogP contribution in [-0.4, -0.2) is 20.8 Å². The second-order valence-corrected chi connectivity index (χ2v) is 7.00. The zero-order valence-electron chi connectivity index (χ0n) is 10.2. The molecule has 0 saturated carbocycles. The summed E-state index contributed by atoms with van der Waals surface area (Å²) in [6.45, 7) is 0.566. The Hall–Kier alpha value is -1.17. The van der Waals surface area contributed by atoms with E-state index in [1.165, 1.54) is 4.88 Å². The Balaban J connectivity index is 1.74. The van der Waals surface area contributed by atoms with E-state index in [0.717, 1.165) is 14.8 Å². The maximum absolute atomic E-state index is 10.2. The van der Waals surface area contributed by atoms with Gasteiger partial charge in [0.25, 0.3) is 0 Å². The molecule has 1 atom stereocenters. The molecule has 1 N–H and O–H groups in total. The quantitative estimate of drug-likeness (QED) is 0.792. The van der Waals surface area contributed by atoms with Gasteiger partial charge in [-0.3, -0.25) is 0 Å². The highest BCUT2D eigenvalue weighted by Crippen LogP contribution is 2.23. The lowest BCUT2D eigenvalue weighted by molar-refractivity contribution is 0.156. The summed E-state index contributed by atoms with van der Waals surface area (Å²) in [5.41, 5.74) is 2.03. The summed E-state index contributed by atoms with van der Waals surface area (Å²) in [6.07, 6.45) is 2.06. The number of fused-ring (bicyclic) bond motifs is 1. The average molecular weight is 337 g/mol. The fourth-order valence-corrected chi connectivity index (χ4v) is 3.70. The first-order chi connectivity index (χ1) is 9.22. The van der Waals surface area contributed by atoms with Gasteiger partial charge in [0, 0.05) is 11.3 Å². The Morgan fingerprint density at radius 3 is 2.89 bits per heavy atom. The zero-order chi connectivity index (χ0) is 13.2. The molecule has 19 heavy (non-hydrogen) atoms. The highest BCUT2D eigenvalue weighted by Gasteiger charge is 2.10. The van der Waals surface area contributed by atoms with Crippen molar-refractivity contribution in [2.24, 2.45) is 0 Å². The van der Waals surface area contributed by atoms with Gasteiger partial charge in [-0.2, -0.15) is 0 Å². The highest BCUT2D eigenvalue weighted by molar-refractivity contribution is 9.11. The van der Waals surface area contributed by atoms with Crippen molar-refractivity contribution in [2.45, 2.75) is 19.1 Å². The van der Waals surface area contributed by atoms with E-state index in [4.69, 9.17) is 0 Å². The number of halogens is 1. The molecular weight excluding hydrogens is 324 g/mol. The Morgan fingerprint density at radius 2 is 2.11 bits per heavy atom. The normalized spacial score (nSPS) is 12.9. The number of rotatable bonds is 4. The van der Waals surface area contributed by atoms with Gasteiger partial charge in [0.1, 0.15) is 0 Å². The van der Waals surface area contributed by atoms with Crippen LogP contribution < -0.4 is 0 Å². The van der Waals surface area contributed by atoms with Crippen molar-refractivity contribution in [3.63, 3.8) is 0 Å². The number of thiophene rings is 1. The minimum Gasteiger partial charge on any atom is -0.391 e. The second kappa shape index (κ2) is 5.45. The molecule has 5 heteroatoms. The van der Waals surface area contributed by atoms with Crippen molar-refractivity contribution in [3.8, 4) is 0 Å². The van der Waals surface area contributed by atoms with E-state index >= 15 is 0 Å². The molecule has 0 radical (unpaired) electrons. The van der Waals surface area contributed by atoms with Crippen LogP contribution in [0, 0.1) is 0 Å². The van der Waals surface area contributed by atoms with Gasteiger partial charge in [0.2, 0.25) is 0 Å². The summed E-state index contributed by atoms with van der Waals surface area (Å²) < 4.78 is 3.10. The van der Waals surface area contributed by atoms with Gasteiger partial charge in [-0.25, -0.2) is 4.98 Å². The zero-order valence-corrected chi connectivity index (χ0v) is 12.6. The molecule has 0 amide bonds. The van der Waals surface area contributed by atoms with Crippen LogP contribution in [0.5, 0.6) is 0 Å². The molecule has 1 unspecified atom stereocenters. The van der Waals surface area contributed by atoms with Crippen LogP contribution in [0.1, 0.15) is 4.88 Å². The van der Waals surface area contributed by atoms with Crippen LogP contribution in [0.4, 0.5) is 0 Å². The Bertz CT molecular complexity index is 691. The minimum absolute atomic E-state index is 0.400. The van der Waals surface area contributed by atoms with E-state index < -0.39 is 6.10 Å². The van der Waals surface area contributed by atoms with Crippen molar-refractivity contribution in [1.29, 1.82) is 0 Å². The molecule has 0 aliphatic heterocycles. The van der Waals surface area contributed by atoms with Crippen LogP contribution in [0.25, 0.3) is 11.0 Å². The molecule has 2 aromatic heterocycles. The molecule has 0 aliphatic rings. The summed E-state index contributed by atoms with van der Waals surface area (Å²) in [7, 11) is 0. The van der Waals surface area contributed by atoms with Crippen molar-refractivity contribution in [3.05, 3.63) is 51.4 Å². The van der Waals surface area contributed by atoms with Gasteiger partial charge in [-0.1, -0.05) is 12.1 Å². The number of nitrogens with zero attached hydrogens (tertiary/aromatic N) is 2. The minimum atomic E-state index is -0.400. The van der Waals surface area contributed by atoms with Crippen LogP contribution >= 0.6 is 27.3 Å². The molecule has 0 fully saturated rings. The van der Waals surface area contributed by atoms with Gasteiger partial charge >= 0.3 is 0 Å². The van der Waals surface area contributed by atoms with Crippen molar-refractivity contribution in [2.75, 3.05) is 0 Å². The molecule has 3 rings (SSSR count). The van der Waals surface area contributed by atoms with Gasteiger partial charge < -0.3 is 9.67 Å². The van der Waals surface area contributed by atoms with Crippen molar-refractivity contribution in [1.82, 2.24) is 9.55 Å². The molecule has 3 aromatic rings. The number of benzene rings is 1. The molecule has 2 heterocycles. The molecule has 1 aromatic carbocycles.